The maximum Gasteiger partial charge on any atom is 0.252 e. The molecule has 0 spiro atoms. The first-order chi connectivity index (χ1) is 8.45. The minimum Gasteiger partial charge on any atom is -0.355 e. The Labute approximate surface area is 107 Å². The van der Waals surface area contributed by atoms with Gasteiger partial charge in [0.1, 0.15) is 11.6 Å². The number of aromatic nitrogens is 2. The van der Waals surface area contributed by atoms with E-state index in [0.717, 1.165) is 31.2 Å². The Balaban J connectivity index is 2.29. The molecule has 0 bridgehead atoms. The molecule has 2 rings (SSSR count). The lowest BCUT2D eigenvalue weighted by Crippen LogP contribution is -2.47. The summed E-state index contributed by atoms with van der Waals surface area (Å²) in [5.74, 6) is 2.25. The highest BCUT2D eigenvalue weighted by atomic mass is 16.1. The molecule has 0 radical (unpaired) electrons. The van der Waals surface area contributed by atoms with Crippen LogP contribution in [0.2, 0.25) is 0 Å². The molecule has 1 aliphatic rings. The summed E-state index contributed by atoms with van der Waals surface area (Å²) < 4.78 is 0. The van der Waals surface area contributed by atoms with Crippen molar-refractivity contribution < 1.29 is 0 Å². The fourth-order valence-electron chi connectivity index (χ4n) is 2.49. The third-order valence-electron chi connectivity index (χ3n) is 3.31. The Bertz CT molecular complexity index is 458. The van der Waals surface area contributed by atoms with Gasteiger partial charge in [0, 0.05) is 31.1 Å². The monoisotopic (exact) mass is 250 g/mol. The molecule has 5 heteroatoms. The second kappa shape index (κ2) is 5.10. The summed E-state index contributed by atoms with van der Waals surface area (Å²) in [5, 5.41) is 0. The Morgan fingerprint density at radius 2 is 2.22 bits per heavy atom. The van der Waals surface area contributed by atoms with Gasteiger partial charge in [-0.1, -0.05) is 20.8 Å². The summed E-state index contributed by atoms with van der Waals surface area (Å²) in [5.41, 5.74) is 5.95. The highest BCUT2D eigenvalue weighted by Gasteiger charge is 2.23. The maximum atomic E-state index is 11.7. The van der Waals surface area contributed by atoms with Gasteiger partial charge in [0.25, 0.3) is 5.56 Å². The summed E-state index contributed by atoms with van der Waals surface area (Å²) in [7, 11) is 0. The molecule has 100 valence electrons. The lowest BCUT2D eigenvalue weighted by Gasteiger charge is -2.35. The normalized spacial score (nSPS) is 24.6. The van der Waals surface area contributed by atoms with E-state index in [0.29, 0.717) is 5.92 Å². The van der Waals surface area contributed by atoms with Crippen molar-refractivity contribution in [1.29, 1.82) is 0 Å². The number of aromatic amines is 1. The molecule has 0 saturated carbocycles. The van der Waals surface area contributed by atoms with Gasteiger partial charge in [-0.05, 0) is 12.3 Å². The molecule has 18 heavy (non-hydrogen) atoms. The number of piperidine rings is 1. The Morgan fingerprint density at radius 1 is 1.50 bits per heavy atom. The first-order valence-electron chi connectivity index (χ1n) is 6.57. The maximum absolute atomic E-state index is 11.7. The van der Waals surface area contributed by atoms with Gasteiger partial charge in [0.15, 0.2) is 0 Å². The molecule has 2 atom stereocenters. The number of nitrogens with two attached hydrogens (primary N) is 1. The van der Waals surface area contributed by atoms with Crippen LogP contribution < -0.4 is 16.2 Å². The van der Waals surface area contributed by atoms with Crippen LogP contribution >= 0.6 is 0 Å². The van der Waals surface area contributed by atoms with E-state index in [1.165, 1.54) is 0 Å². The topological polar surface area (TPSA) is 75.0 Å². The van der Waals surface area contributed by atoms with Gasteiger partial charge in [-0.15, -0.1) is 0 Å². The summed E-state index contributed by atoms with van der Waals surface area (Å²) in [4.78, 5) is 21.1. The van der Waals surface area contributed by atoms with Crippen molar-refractivity contribution >= 4 is 5.82 Å². The molecule has 1 fully saturated rings. The molecule has 1 saturated heterocycles. The first-order valence-corrected chi connectivity index (χ1v) is 6.57. The van der Waals surface area contributed by atoms with E-state index in [4.69, 9.17) is 5.73 Å². The molecular formula is C13H22N4O. The van der Waals surface area contributed by atoms with Crippen molar-refractivity contribution in [3.05, 3.63) is 22.2 Å². The van der Waals surface area contributed by atoms with E-state index < -0.39 is 0 Å². The summed E-state index contributed by atoms with van der Waals surface area (Å²) in [6, 6.07) is 1.73. The van der Waals surface area contributed by atoms with Crippen LogP contribution in [0.4, 0.5) is 5.82 Å². The van der Waals surface area contributed by atoms with E-state index in [1.807, 2.05) is 13.8 Å². The fraction of sp³-hybridized carbons (Fsp3) is 0.692. The van der Waals surface area contributed by atoms with Crippen LogP contribution in [0.25, 0.3) is 0 Å². The van der Waals surface area contributed by atoms with E-state index in [1.54, 1.807) is 6.07 Å². The van der Waals surface area contributed by atoms with Crippen molar-refractivity contribution in [2.75, 3.05) is 18.0 Å². The third-order valence-corrected chi connectivity index (χ3v) is 3.31. The number of H-pyrrole nitrogens is 1. The first kappa shape index (κ1) is 13.1. The summed E-state index contributed by atoms with van der Waals surface area (Å²) in [6.07, 6.45) is 1.04. The zero-order valence-electron chi connectivity index (χ0n) is 11.3. The Morgan fingerprint density at radius 3 is 2.83 bits per heavy atom. The largest absolute Gasteiger partial charge is 0.355 e. The van der Waals surface area contributed by atoms with Crippen molar-refractivity contribution in [3.8, 4) is 0 Å². The van der Waals surface area contributed by atoms with Crippen LogP contribution in [0.3, 0.4) is 0 Å². The van der Waals surface area contributed by atoms with Crippen LogP contribution in [0.1, 0.15) is 38.9 Å². The molecule has 1 aliphatic heterocycles. The van der Waals surface area contributed by atoms with Gasteiger partial charge >= 0.3 is 0 Å². The Hall–Kier alpha value is -1.36. The molecule has 2 unspecified atom stereocenters. The van der Waals surface area contributed by atoms with Gasteiger partial charge in [0.05, 0.1) is 0 Å². The zero-order valence-corrected chi connectivity index (χ0v) is 11.3. The van der Waals surface area contributed by atoms with Crippen LogP contribution in [-0.4, -0.2) is 29.1 Å². The summed E-state index contributed by atoms with van der Waals surface area (Å²) >= 11 is 0. The number of nitrogens with zero attached hydrogens (tertiary/aromatic N) is 2. The number of nitrogens with one attached hydrogen (secondary N) is 1. The third kappa shape index (κ3) is 2.90. The van der Waals surface area contributed by atoms with Gasteiger partial charge in [-0.3, -0.25) is 4.79 Å². The van der Waals surface area contributed by atoms with E-state index in [2.05, 4.69) is 21.8 Å². The zero-order chi connectivity index (χ0) is 13.3. The quantitative estimate of drug-likeness (QED) is 0.823. The van der Waals surface area contributed by atoms with Gasteiger partial charge in [0.2, 0.25) is 0 Å². The average Bonchev–Trinajstić information content (AvgIpc) is 2.26. The number of rotatable bonds is 2. The van der Waals surface area contributed by atoms with Crippen LogP contribution in [0.5, 0.6) is 0 Å². The van der Waals surface area contributed by atoms with Crippen LogP contribution in [0.15, 0.2) is 10.9 Å². The average molecular weight is 250 g/mol. The molecule has 1 aromatic heterocycles. The smallest absolute Gasteiger partial charge is 0.252 e. The van der Waals surface area contributed by atoms with E-state index in [-0.39, 0.29) is 17.5 Å². The second-order valence-electron chi connectivity index (χ2n) is 5.65. The number of anilines is 1. The van der Waals surface area contributed by atoms with Gasteiger partial charge < -0.3 is 15.6 Å². The standard InChI is InChI=1S/C13H22N4O/c1-8(2)13-15-11(5-12(18)16-13)17-6-9(3)4-10(14)7-17/h5,8-10H,4,6-7,14H2,1-3H3,(H,15,16,18). The van der Waals surface area contributed by atoms with Crippen LogP contribution in [0, 0.1) is 5.92 Å². The minimum atomic E-state index is -0.0875. The van der Waals surface area contributed by atoms with E-state index >= 15 is 0 Å². The summed E-state index contributed by atoms with van der Waals surface area (Å²) in [6.45, 7) is 7.92. The lowest BCUT2D eigenvalue weighted by molar-refractivity contribution is 0.399. The molecule has 0 aromatic carbocycles. The van der Waals surface area contributed by atoms with Crippen molar-refractivity contribution in [2.45, 2.75) is 39.2 Å². The lowest BCUT2D eigenvalue weighted by atomic mass is 9.97. The van der Waals surface area contributed by atoms with Gasteiger partial charge in [-0.25, -0.2) is 4.98 Å². The predicted octanol–water partition coefficient (Wildman–Crippen LogP) is 1.07. The van der Waals surface area contributed by atoms with Crippen molar-refractivity contribution in [3.63, 3.8) is 0 Å². The van der Waals surface area contributed by atoms with Crippen LogP contribution in [-0.2, 0) is 0 Å². The second-order valence-corrected chi connectivity index (χ2v) is 5.65. The molecule has 5 nitrogen and oxygen atoms in total. The Kier molecular flexibility index (Phi) is 3.71. The predicted molar refractivity (Wildman–Crippen MR) is 72.9 cm³/mol. The number of hydrogen-bond donors (Lipinski definition) is 2. The molecule has 2 heterocycles. The highest BCUT2D eigenvalue weighted by Crippen LogP contribution is 2.20. The molecule has 0 amide bonds. The highest BCUT2D eigenvalue weighted by molar-refractivity contribution is 5.38. The molecule has 3 N–H and O–H groups in total. The van der Waals surface area contributed by atoms with Crippen molar-refractivity contribution in [1.82, 2.24) is 9.97 Å². The fourth-order valence-corrected chi connectivity index (χ4v) is 2.49. The SMILES string of the molecule is CC1CC(N)CN(c2cc(=O)[nH]c(C(C)C)n2)C1. The minimum absolute atomic E-state index is 0.0875. The van der Waals surface area contributed by atoms with Crippen molar-refractivity contribution in [2.24, 2.45) is 11.7 Å². The molecule has 1 aromatic rings. The number of hydrogen-bond acceptors (Lipinski definition) is 4. The molecular weight excluding hydrogens is 228 g/mol. The molecule has 0 aliphatic carbocycles. The van der Waals surface area contributed by atoms with Gasteiger partial charge in [-0.2, -0.15) is 0 Å². The van der Waals surface area contributed by atoms with E-state index in [9.17, 15) is 4.79 Å².